The minimum atomic E-state index is -0.473. The summed E-state index contributed by atoms with van der Waals surface area (Å²) >= 11 is 6.40. The van der Waals surface area contributed by atoms with Crippen molar-refractivity contribution in [2.75, 3.05) is 29.9 Å². The molecular formula is C20H22ClN3O4. The molecule has 0 unspecified atom stereocenters. The molecule has 1 aliphatic heterocycles. The number of halogens is 1. The van der Waals surface area contributed by atoms with Crippen molar-refractivity contribution in [3.63, 3.8) is 0 Å². The van der Waals surface area contributed by atoms with Gasteiger partial charge < -0.3 is 15.0 Å². The van der Waals surface area contributed by atoms with Crippen LogP contribution in [0.2, 0.25) is 5.02 Å². The Morgan fingerprint density at radius 3 is 2.50 bits per heavy atom. The van der Waals surface area contributed by atoms with E-state index in [-0.39, 0.29) is 24.6 Å². The second-order valence-electron chi connectivity index (χ2n) is 6.61. The zero-order chi connectivity index (χ0) is 19.9. The SMILES string of the molecule is O=C(CCOc1ccc([N+](=O)[O-])cc1)Nc1ccc(N2CCCCC2)c(Cl)c1. The van der Waals surface area contributed by atoms with Crippen LogP contribution in [0.5, 0.6) is 5.75 Å². The number of rotatable bonds is 7. The number of hydrogen-bond donors (Lipinski definition) is 1. The molecule has 28 heavy (non-hydrogen) atoms. The summed E-state index contributed by atoms with van der Waals surface area (Å²) in [6, 6.07) is 11.3. The molecule has 1 fully saturated rings. The van der Waals surface area contributed by atoms with Gasteiger partial charge in [0.25, 0.3) is 5.69 Å². The molecule has 1 heterocycles. The molecule has 7 nitrogen and oxygen atoms in total. The third-order valence-electron chi connectivity index (χ3n) is 4.57. The predicted molar refractivity (Wildman–Crippen MR) is 109 cm³/mol. The summed E-state index contributed by atoms with van der Waals surface area (Å²) in [4.78, 5) is 24.5. The molecule has 0 bridgehead atoms. The third kappa shape index (κ3) is 5.36. The number of benzene rings is 2. The van der Waals surface area contributed by atoms with Crippen molar-refractivity contribution in [3.8, 4) is 5.75 Å². The number of ether oxygens (including phenoxy) is 1. The molecule has 0 spiro atoms. The van der Waals surface area contributed by atoms with Crippen molar-refractivity contribution in [1.29, 1.82) is 0 Å². The molecule has 8 heteroatoms. The predicted octanol–water partition coefficient (Wildman–Crippen LogP) is 4.65. The number of nitrogens with zero attached hydrogens (tertiary/aromatic N) is 2. The number of carbonyl (C=O) groups is 1. The van der Waals surface area contributed by atoms with E-state index in [1.54, 1.807) is 6.07 Å². The summed E-state index contributed by atoms with van der Waals surface area (Å²) in [7, 11) is 0. The first-order valence-corrected chi connectivity index (χ1v) is 9.62. The summed E-state index contributed by atoms with van der Waals surface area (Å²) < 4.78 is 5.46. The maximum Gasteiger partial charge on any atom is 0.269 e. The Morgan fingerprint density at radius 1 is 1.14 bits per heavy atom. The maximum atomic E-state index is 12.1. The van der Waals surface area contributed by atoms with Gasteiger partial charge in [0.15, 0.2) is 0 Å². The Bertz CT molecular complexity index is 836. The van der Waals surface area contributed by atoms with Gasteiger partial charge in [-0.1, -0.05) is 11.6 Å². The topological polar surface area (TPSA) is 84.7 Å². The number of nitro groups is 1. The molecular weight excluding hydrogens is 382 g/mol. The highest BCUT2D eigenvalue weighted by molar-refractivity contribution is 6.33. The zero-order valence-corrected chi connectivity index (χ0v) is 16.2. The van der Waals surface area contributed by atoms with Crippen LogP contribution < -0.4 is 15.0 Å². The molecule has 1 aliphatic rings. The van der Waals surface area contributed by atoms with E-state index in [0.717, 1.165) is 18.8 Å². The van der Waals surface area contributed by atoms with Gasteiger partial charge in [-0.25, -0.2) is 0 Å². The second-order valence-corrected chi connectivity index (χ2v) is 7.02. The zero-order valence-electron chi connectivity index (χ0n) is 15.4. The van der Waals surface area contributed by atoms with Gasteiger partial charge in [-0.15, -0.1) is 0 Å². The first kappa shape index (κ1) is 19.9. The molecule has 3 rings (SSSR count). The third-order valence-corrected chi connectivity index (χ3v) is 4.88. The number of anilines is 2. The molecule has 2 aromatic rings. The van der Waals surface area contributed by atoms with Crippen LogP contribution in [0.15, 0.2) is 42.5 Å². The molecule has 0 saturated carbocycles. The van der Waals surface area contributed by atoms with Gasteiger partial charge in [0.1, 0.15) is 5.75 Å². The van der Waals surface area contributed by atoms with E-state index >= 15 is 0 Å². The number of hydrogen-bond acceptors (Lipinski definition) is 5. The highest BCUT2D eigenvalue weighted by atomic mass is 35.5. The molecule has 0 radical (unpaired) electrons. The lowest BCUT2D eigenvalue weighted by Crippen LogP contribution is -2.29. The molecule has 148 valence electrons. The minimum Gasteiger partial charge on any atom is -0.493 e. The van der Waals surface area contributed by atoms with Crippen LogP contribution in [0.1, 0.15) is 25.7 Å². The van der Waals surface area contributed by atoms with Crippen molar-refractivity contribution < 1.29 is 14.5 Å². The average Bonchev–Trinajstić information content (AvgIpc) is 2.69. The first-order chi connectivity index (χ1) is 13.5. The van der Waals surface area contributed by atoms with Crippen LogP contribution in [-0.4, -0.2) is 30.5 Å². The first-order valence-electron chi connectivity index (χ1n) is 9.24. The Morgan fingerprint density at radius 2 is 1.86 bits per heavy atom. The number of amides is 1. The summed E-state index contributed by atoms with van der Waals surface area (Å²) in [6.07, 6.45) is 3.75. The van der Waals surface area contributed by atoms with Crippen LogP contribution in [0, 0.1) is 10.1 Å². The molecule has 0 atom stereocenters. The average molecular weight is 404 g/mol. The Labute approximate surface area is 168 Å². The lowest BCUT2D eigenvalue weighted by Gasteiger charge is -2.29. The number of piperidine rings is 1. The lowest BCUT2D eigenvalue weighted by molar-refractivity contribution is -0.384. The molecule has 2 aromatic carbocycles. The summed E-state index contributed by atoms with van der Waals surface area (Å²) in [6.45, 7) is 2.18. The van der Waals surface area contributed by atoms with Gasteiger partial charge >= 0.3 is 0 Å². The smallest absolute Gasteiger partial charge is 0.269 e. The summed E-state index contributed by atoms with van der Waals surface area (Å²) in [5.41, 5.74) is 1.64. The normalized spacial score (nSPS) is 13.8. The van der Waals surface area contributed by atoms with Crippen LogP contribution in [0.3, 0.4) is 0 Å². The van der Waals surface area contributed by atoms with Gasteiger partial charge in [0.05, 0.1) is 28.7 Å². The van der Waals surface area contributed by atoms with Crippen molar-refractivity contribution in [3.05, 3.63) is 57.6 Å². The molecule has 1 amide bonds. The van der Waals surface area contributed by atoms with Gasteiger partial charge in [-0.3, -0.25) is 14.9 Å². The van der Waals surface area contributed by atoms with E-state index in [1.165, 1.54) is 43.5 Å². The number of nitrogens with one attached hydrogen (secondary N) is 1. The minimum absolute atomic E-state index is 0.00466. The van der Waals surface area contributed by atoms with Crippen LogP contribution in [0.4, 0.5) is 17.1 Å². The Hall–Kier alpha value is -2.80. The summed E-state index contributed by atoms with van der Waals surface area (Å²) in [5, 5.41) is 14.1. The van der Waals surface area contributed by atoms with Crippen molar-refractivity contribution in [2.45, 2.75) is 25.7 Å². The lowest BCUT2D eigenvalue weighted by atomic mass is 10.1. The van der Waals surface area contributed by atoms with E-state index in [2.05, 4.69) is 10.2 Å². The Kier molecular flexibility index (Phi) is 6.71. The molecule has 1 saturated heterocycles. The van der Waals surface area contributed by atoms with Crippen LogP contribution >= 0.6 is 11.6 Å². The number of non-ortho nitro benzene ring substituents is 1. The molecule has 0 aliphatic carbocycles. The highest BCUT2D eigenvalue weighted by Gasteiger charge is 2.14. The van der Waals surface area contributed by atoms with Crippen molar-refractivity contribution in [1.82, 2.24) is 0 Å². The van der Waals surface area contributed by atoms with Crippen molar-refractivity contribution >= 4 is 34.6 Å². The largest absolute Gasteiger partial charge is 0.493 e. The molecule has 0 aromatic heterocycles. The van der Waals surface area contributed by atoms with E-state index < -0.39 is 4.92 Å². The maximum absolute atomic E-state index is 12.1. The van der Waals surface area contributed by atoms with E-state index in [4.69, 9.17) is 16.3 Å². The Balaban J connectivity index is 1.47. The van der Waals surface area contributed by atoms with E-state index in [0.29, 0.717) is 16.5 Å². The van der Waals surface area contributed by atoms with Gasteiger partial charge in [0, 0.05) is 30.9 Å². The summed E-state index contributed by atoms with van der Waals surface area (Å²) in [5.74, 6) is 0.288. The van der Waals surface area contributed by atoms with E-state index in [9.17, 15) is 14.9 Å². The molecule has 1 N–H and O–H groups in total. The monoisotopic (exact) mass is 403 g/mol. The number of nitro benzene ring substituents is 1. The van der Waals surface area contributed by atoms with Crippen LogP contribution in [-0.2, 0) is 4.79 Å². The fraction of sp³-hybridized carbons (Fsp3) is 0.350. The standard InChI is InChI=1S/C20H22ClN3O4/c21-18-14-15(4-9-19(18)23-11-2-1-3-12-23)22-20(25)10-13-28-17-7-5-16(6-8-17)24(26)27/h4-9,14H,1-3,10-13H2,(H,22,25). The number of carbonyl (C=O) groups excluding carboxylic acids is 1. The van der Waals surface area contributed by atoms with E-state index in [1.807, 2.05) is 12.1 Å². The fourth-order valence-corrected chi connectivity index (χ4v) is 3.43. The fourth-order valence-electron chi connectivity index (χ4n) is 3.13. The quantitative estimate of drug-likeness (QED) is 0.537. The van der Waals surface area contributed by atoms with Gasteiger partial charge in [0.2, 0.25) is 5.91 Å². The van der Waals surface area contributed by atoms with Gasteiger partial charge in [-0.05, 0) is 49.6 Å². The second kappa shape index (κ2) is 9.41. The van der Waals surface area contributed by atoms with Crippen molar-refractivity contribution in [2.24, 2.45) is 0 Å². The van der Waals surface area contributed by atoms with Gasteiger partial charge in [-0.2, -0.15) is 0 Å². The highest BCUT2D eigenvalue weighted by Crippen LogP contribution is 2.30. The van der Waals surface area contributed by atoms with Crippen LogP contribution in [0.25, 0.3) is 0 Å².